The number of likely N-dealkylation sites (N-methyl/N-ethyl adjacent to an activating group) is 1. The summed E-state index contributed by atoms with van der Waals surface area (Å²) in [5, 5.41) is 6.36. The molecular formula is C12H25N3O. The standard InChI is InChI=1S/C12H25N3O/c1-10(9-15(2)3)14-12(16)5-4-11-6-7-13-8-11/h10-11,13H,4-9H2,1-3H3,(H,14,16). The predicted molar refractivity (Wildman–Crippen MR) is 66.4 cm³/mol. The second-order valence-corrected chi connectivity index (χ2v) is 5.13. The van der Waals surface area contributed by atoms with Crippen molar-refractivity contribution in [2.24, 2.45) is 5.92 Å². The molecule has 0 aromatic rings. The summed E-state index contributed by atoms with van der Waals surface area (Å²) in [6.07, 6.45) is 2.91. The molecule has 4 heteroatoms. The summed E-state index contributed by atoms with van der Waals surface area (Å²) in [4.78, 5) is 13.7. The minimum atomic E-state index is 0.196. The molecule has 0 spiro atoms. The highest BCUT2D eigenvalue weighted by Gasteiger charge is 2.16. The van der Waals surface area contributed by atoms with E-state index in [0.29, 0.717) is 12.3 Å². The second kappa shape index (κ2) is 6.86. The molecule has 0 aliphatic carbocycles. The van der Waals surface area contributed by atoms with Gasteiger partial charge in [0.05, 0.1) is 0 Å². The van der Waals surface area contributed by atoms with Crippen LogP contribution in [0.25, 0.3) is 0 Å². The van der Waals surface area contributed by atoms with Crippen LogP contribution >= 0.6 is 0 Å². The number of hydrogen-bond acceptors (Lipinski definition) is 3. The summed E-state index contributed by atoms with van der Waals surface area (Å²) in [6.45, 7) is 5.15. The van der Waals surface area contributed by atoms with Crippen molar-refractivity contribution in [1.82, 2.24) is 15.5 Å². The van der Waals surface area contributed by atoms with Crippen molar-refractivity contribution >= 4 is 5.91 Å². The van der Waals surface area contributed by atoms with Crippen molar-refractivity contribution in [3.05, 3.63) is 0 Å². The Kier molecular flexibility index (Phi) is 5.77. The molecule has 0 aromatic carbocycles. The lowest BCUT2D eigenvalue weighted by atomic mass is 10.0. The molecule has 0 bridgehead atoms. The minimum Gasteiger partial charge on any atom is -0.352 e. The highest BCUT2D eigenvalue weighted by Crippen LogP contribution is 2.13. The van der Waals surface area contributed by atoms with E-state index in [0.717, 1.165) is 26.1 Å². The third kappa shape index (κ3) is 5.47. The molecule has 1 aliphatic heterocycles. The summed E-state index contributed by atoms with van der Waals surface area (Å²) in [6, 6.07) is 0.240. The lowest BCUT2D eigenvalue weighted by Gasteiger charge is -2.18. The zero-order valence-electron chi connectivity index (χ0n) is 10.8. The molecule has 1 amide bonds. The van der Waals surface area contributed by atoms with Crippen LogP contribution in [-0.2, 0) is 4.79 Å². The van der Waals surface area contributed by atoms with Gasteiger partial charge in [-0.05, 0) is 52.9 Å². The average molecular weight is 227 g/mol. The monoisotopic (exact) mass is 227 g/mol. The summed E-state index contributed by atoms with van der Waals surface area (Å²) in [5.41, 5.74) is 0. The summed E-state index contributed by atoms with van der Waals surface area (Å²) < 4.78 is 0. The Labute approximate surface area is 98.8 Å². The van der Waals surface area contributed by atoms with Crippen molar-refractivity contribution in [3.63, 3.8) is 0 Å². The summed E-state index contributed by atoms with van der Waals surface area (Å²) >= 11 is 0. The number of nitrogens with zero attached hydrogens (tertiary/aromatic N) is 1. The third-order valence-electron chi connectivity index (χ3n) is 2.99. The van der Waals surface area contributed by atoms with E-state index in [1.165, 1.54) is 6.42 Å². The van der Waals surface area contributed by atoms with Gasteiger partial charge in [-0.3, -0.25) is 4.79 Å². The fourth-order valence-electron chi connectivity index (χ4n) is 2.24. The second-order valence-electron chi connectivity index (χ2n) is 5.13. The fourth-order valence-corrected chi connectivity index (χ4v) is 2.24. The molecule has 94 valence electrons. The molecule has 1 aliphatic rings. The average Bonchev–Trinajstić information content (AvgIpc) is 2.65. The van der Waals surface area contributed by atoms with Crippen molar-refractivity contribution in [2.75, 3.05) is 33.7 Å². The lowest BCUT2D eigenvalue weighted by molar-refractivity contribution is -0.122. The Morgan fingerprint density at radius 2 is 2.31 bits per heavy atom. The largest absolute Gasteiger partial charge is 0.352 e. The fraction of sp³-hybridized carbons (Fsp3) is 0.917. The maximum absolute atomic E-state index is 11.6. The Bertz CT molecular complexity index is 212. The number of amides is 1. The maximum atomic E-state index is 11.6. The van der Waals surface area contributed by atoms with E-state index in [4.69, 9.17) is 0 Å². The Hall–Kier alpha value is -0.610. The quantitative estimate of drug-likeness (QED) is 0.692. The molecule has 1 saturated heterocycles. The van der Waals surface area contributed by atoms with Gasteiger partial charge in [0, 0.05) is 19.0 Å². The van der Waals surface area contributed by atoms with Gasteiger partial charge in [-0.1, -0.05) is 0 Å². The Balaban J connectivity index is 2.09. The first kappa shape index (κ1) is 13.5. The first-order valence-electron chi connectivity index (χ1n) is 6.22. The molecule has 0 aromatic heterocycles. The summed E-state index contributed by atoms with van der Waals surface area (Å²) in [7, 11) is 4.04. The van der Waals surface area contributed by atoms with E-state index in [1.54, 1.807) is 0 Å². The van der Waals surface area contributed by atoms with Crippen LogP contribution in [0.2, 0.25) is 0 Å². The normalized spacial score (nSPS) is 22.4. The molecule has 2 unspecified atom stereocenters. The van der Waals surface area contributed by atoms with Crippen LogP contribution in [-0.4, -0.2) is 50.6 Å². The van der Waals surface area contributed by atoms with Gasteiger partial charge in [0.15, 0.2) is 0 Å². The molecule has 2 atom stereocenters. The maximum Gasteiger partial charge on any atom is 0.220 e. The number of rotatable bonds is 6. The van der Waals surface area contributed by atoms with Gasteiger partial charge in [-0.25, -0.2) is 0 Å². The molecule has 1 fully saturated rings. The van der Waals surface area contributed by atoms with Gasteiger partial charge >= 0.3 is 0 Å². The molecular weight excluding hydrogens is 202 g/mol. The zero-order chi connectivity index (χ0) is 12.0. The SMILES string of the molecule is CC(CN(C)C)NC(=O)CCC1CCNC1. The molecule has 16 heavy (non-hydrogen) atoms. The van der Waals surface area contributed by atoms with Crippen molar-refractivity contribution in [1.29, 1.82) is 0 Å². The van der Waals surface area contributed by atoms with Crippen molar-refractivity contribution in [3.8, 4) is 0 Å². The van der Waals surface area contributed by atoms with Gasteiger partial charge < -0.3 is 15.5 Å². The third-order valence-corrected chi connectivity index (χ3v) is 2.99. The van der Waals surface area contributed by atoms with Crippen LogP contribution in [0.15, 0.2) is 0 Å². The van der Waals surface area contributed by atoms with Crippen LogP contribution in [0.5, 0.6) is 0 Å². The number of nitrogens with one attached hydrogen (secondary N) is 2. The zero-order valence-corrected chi connectivity index (χ0v) is 10.8. The van der Waals surface area contributed by atoms with Gasteiger partial charge in [-0.2, -0.15) is 0 Å². The van der Waals surface area contributed by atoms with Gasteiger partial charge in [0.1, 0.15) is 0 Å². The highest BCUT2D eigenvalue weighted by atomic mass is 16.1. The van der Waals surface area contributed by atoms with E-state index in [2.05, 4.69) is 22.5 Å². The van der Waals surface area contributed by atoms with Crippen LogP contribution in [0, 0.1) is 5.92 Å². The van der Waals surface area contributed by atoms with E-state index < -0.39 is 0 Å². The summed E-state index contributed by atoms with van der Waals surface area (Å²) in [5.74, 6) is 0.899. The topological polar surface area (TPSA) is 44.4 Å². The van der Waals surface area contributed by atoms with Crippen LogP contribution in [0.1, 0.15) is 26.2 Å². The van der Waals surface area contributed by atoms with Gasteiger partial charge in [0.2, 0.25) is 5.91 Å². The predicted octanol–water partition coefficient (Wildman–Crippen LogP) is 0.442. The van der Waals surface area contributed by atoms with Crippen LogP contribution in [0.3, 0.4) is 0 Å². The first-order valence-corrected chi connectivity index (χ1v) is 6.22. The molecule has 0 radical (unpaired) electrons. The minimum absolute atomic E-state index is 0.196. The number of hydrogen-bond donors (Lipinski definition) is 2. The van der Waals surface area contributed by atoms with Crippen LogP contribution in [0.4, 0.5) is 0 Å². The van der Waals surface area contributed by atoms with Gasteiger partial charge in [0.25, 0.3) is 0 Å². The molecule has 1 rings (SSSR count). The lowest BCUT2D eigenvalue weighted by Crippen LogP contribution is -2.39. The first-order chi connectivity index (χ1) is 7.58. The Morgan fingerprint density at radius 1 is 1.56 bits per heavy atom. The Morgan fingerprint density at radius 3 is 2.88 bits per heavy atom. The molecule has 4 nitrogen and oxygen atoms in total. The van der Waals surface area contributed by atoms with Gasteiger partial charge in [-0.15, -0.1) is 0 Å². The van der Waals surface area contributed by atoms with E-state index >= 15 is 0 Å². The van der Waals surface area contributed by atoms with Crippen LogP contribution < -0.4 is 10.6 Å². The number of carbonyl (C=O) groups excluding carboxylic acids is 1. The molecule has 1 heterocycles. The molecule has 2 N–H and O–H groups in total. The van der Waals surface area contributed by atoms with Crippen molar-refractivity contribution < 1.29 is 4.79 Å². The highest BCUT2D eigenvalue weighted by molar-refractivity contribution is 5.76. The van der Waals surface area contributed by atoms with Crippen molar-refractivity contribution in [2.45, 2.75) is 32.2 Å². The molecule has 0 saturated carbocycles. The van der Waals surface area contributed by atoms with E-state index in [-0.39, 0.29) is 11.9 Å². The van der Waals surface area contributed by atoms with E-state index in [9.17, 15) is 4.79 Å². The smallest absolute Gasteiger partial charge is 0.220 e. The van der Waals surface area contributed by atoms with E-state index in [1.807, 2.05) is 14.1 Å². The number of carbonyl (C=O) groups is 1.